The minimum absolute atomic E-state index is 0.163. The number of aliphatic hydroxyl groups is 1. The topological polar surface area (TPSA) is 33.1 Å². The Morgan fingerprint density at radius 1 is 1.25 bits per heavy atom. The number of nitrogens with zero attached hydrogens (tertiary/aromatic N) is 1. The quantitative estimate of drug-likeness (QED) is 0.871. The Labute approximate surface area is 97.3 Å². The van der Waals surface area contributed by atoms with Gasteiger partial charge in [-0.1, -0.05) is 11.6 Å². The van der Waals surface area contributed by atoms with Crippen LogP contribution in [0.1, 0.15) is 5.56 Å². The summed E-state index contributed by atoms with van der Waals surface area (Å²) in [7, 11) is 0. The molecule has 4 heteroatoms. The first-order chi connectivity index (χ1) is 7.72. The Balaban J connectivity index is 2.62. The van der Waals surface area contributed by atoms with Gasteiger partial charge in [0.15, 0.2) is 0 Å². The Morgan fingerprint density at radius 3 is 2.81 bits per heavy atom. The van der Waals surface area contributed by atoms with Crippen LogP contribution < -0.4 is 0 Å². The van der Waals surface area contributed by atoms with Crippen molar-refractivity contribution in [2.24, 2.45) is 0 Å². The molecule has 1 aromatic carbocycles. The van der Waals surface area contributed by atoms with Crippen molar-refractivity contribution in [1.82, 2.24) is 4.98 Å². The summed E-state index contributed by atoms with van der Waals surface area (Å²) in [5.74, 6) is -0.382. The molecule has 0 radical (unpaired) electrons. The van der Waals surface area contributed by atoms with Gasteiger partial charge in [-0.2, -0.15) is 0 Å². The zero-order valence-corrected chi connectivity index (χ0v) is 9.08. The maximum Gasteiger partial charge on any atom is 0.131 e. The molecule has 0 fully saturated rings. The van der Waals surface area contributed by atoms with Crippen LogP contribution in [0.3, 0.4) is 0 Å². The minimum atomic E-state index is -0.382. The van der Waals surface area contributed by atoms with Gasteiger partial charge in [-0.3, -0.25) is 4.98 Å². The van der Waals surface area contributed by atoms with Gasteiger partial charge in [-0.25, -0.2) is 4.39 Å². The predicted octanol–water partition coefficient (Wildman–Crippen LogP) is 3.03. The van der Waals surface area contributed by atoms with Crippen molar-refractivity contribution >= 4 is 11.6 Å². The number of aliphatic hydroxyl groups excluding tert-OH is 1. The normalized spacial score (nSPS) is 10.4. The molecule has 0 aliphatic rings. The van der Waals surface area contributed by atoms with E-state index in [1.807, 2.05) is 0 Å². The number of halogens is 2. The van der Waals surface area contributed by atoms with E-state index in [2.05, 4.69) is 4.98 Å². The van der Waals surface area contributed by atoms with Gasteiger partial charge in [0.25, 0.3) is 0 Å². The van der Waals surface area contributed by atoms with E-state index in [0.717, 1.165) is 0 Å². The summed E-state index contributed by atoms with van der Waals surface area (Å²) in [6.07, 6.45) is 3.07. The van der Waals surface area contributed by atoms with Crippen molar-refractivity contribution in [3.63, 3.8) is 0 Å². The number of hydrogen-bond acceptors (Lipinski definition) is 2. The monoisotopic (exact) mass is 237 g/mol. The van der Waals surface area contributed by atoms with Gasteiger partial charge in [-0.15, -0.1) is 0 Å². The molecular formula is C12H9ClFNO. The summed E-state index contributed by atoms with van der Waals surface area (Å²) in [5, 5.41) is 9.61. The highest BCUT2D eigenvalue weighted by Crippen LogP contribution is 2.28. The van der Waals surface area contributed by atoms with E-state index >= 15 is 0 Å². The van der Waals surface area contributed by atoms with E-state index in [9.17, 15) is 4.39 Å². The molecule has 2 rings (SSSR count). The number of aromatic nitrogens is 1. The third-order valence-electron chi connectivity index (χ3n) is 2.30. The van der Waals surface area contributed by atoms with Crippen molar-refractivity contribution < 1.29 is 9.50 Å². The van der Waals surface area contributed by atoms with E-state index in [-0.39, 0.29) is 12.4 Å². The van der Waals surface area contributed by atoms with Gasteiger partial charge in [-0.05, 0) is 29.8 Å². The van der Waals surface area contributed by atoms with Crippen LogP contribution in [0.25, 0.3) is 11.1 Å². The van der Waals surface area contributed by atoms with Gasteiger partial charge in [0, 0.05) is 28.5 Å². The minimum Gasteiger partial charge on any atom is -0.392 e. The van der Waals surface area contributed by atoms with Crippen molar-refractivity contribution in [2.45, 2.75) is 6.61 Å². The fourth-order valence-electron chi connectivity index (χ4n) is 1.51. The maximum atomic E-state index is 13.6. The van der Waals surface area contributed by atoms with Crippen LogP contribution in [0, 0.1) is 5.82 Å². The molecule has 0 saturated heterocycles. The SMILES string of the molecule is OCc1ccncc1-c1cc(Cl)ccc1F. The van der Waals surface area contributed by atoms with E-state index in [1.54, 1.807) is 12.3 Å². The molecule has 82 valence electrons. The number of hydrogen-bond donors (Lipinski definition) is 1. The van der Waals surface area contributed by atoms with Crippen LogP contribution in [0.5, 0.6) is 0 Å². The molecule has 0 atom stereocenters. The van der Waals surface area contributed by atoms with E-state index in [4.69, 9.17) is 16.7 Å². The summed E-state index contributed by atoms with van der Waals surface area (Å²) in [6.45, 7) is -0.163. The van der Waals surface area contributed by atoms with E-state index in [0.29, 0.717) is 21.7 Å². The summed E-state index contributed by atoms with van der Waals surface area (Å²) >= 11 is 5.81. The molecule has 0 aliphatic heterocycles. The number of rotatable bonds is 2. The second-order valence-electron chi connectivity index (χ2n) is 3.32. The fraction of sp³-hybridized carbons (Fsp3) is 0.0833. The molecule has 0 spiro atoms. The highest BCUT2D eigenvalue weighted by atomic mass is 35.5. The van der Waals surface area contributed by atoms with Crippen LogP contribution in [0.4, 0.5) is 4.39 Å². The Kier molecular flexibility index (Phi) is 3.17. The average Bonchev–Trinajstić information content (AvgIpc) is 2.32. The molecule has 1 N–H and O–H groups in total. The molecule has 0 bridgehead atoms. The molecule has 0 amide bonds. The highest BCUT2D eigenvalue weighted by Gasteiger charge is 2.09. The summed E-state index contributed by atoms with van der Waals surface area (Å²) < 4.78 is 13.6. The molecule has 1 heterocycles. The van der Waals surface area contributed by atoms with Crippen molar-refractivity contribution in [3.05, 3.63) is 53.1 Å². The van der Waals surface area contributed by atoms with Gasteiger partial charge in [0.05, 0.1) is 6.61 Å². The summed E-state index contributed by atoms with van der Waals surface area (Å²) in [4.78, 5) is 3.92. The van der Waals surface area contributed by atoms with Crippen molar-refractivity contribution in [3.8, 4) is 11.1 Å². The largest absolute Gasteiger partial charge is 0.392 e. The van der Waals surface area contributed by atoms with E-state index in [1.165, 1.54) is 24.4 Å². The first-order valence-electron chi connectivity index (χ1n) is 4.71. The lowest BCUT2D eigenvalue weighted by molar-refractivity contribution is 0.282. The Hall–Kier alpha value is -1.45. The van der Waals surface area contributed by atoms with Crippen LogP contribution in [-0.4, -0.2) is 10.1 Å². The molecule has 0 aliphatic carbocycles. The zero-order valence-electron chi connectivity index (χ0n) is 8.32. The molecule has 0 saturated carbocycles. The lowest BCUT2D eigenvalue weighted by atomic mass is 10.0. The lowest BCUT2D eigenvalue weighted by Gasteiger charge is -2.08. The first-order valence-corrected chi connectivity index (χ1v) is 5.09. The van der Waals surface area contributed by atoms with Gasteiger partial charge >= 0.3 is 0 Å². The molecule has 1 aromatic heterocycles. The zero-order chi connectivity index (χ0) is 11.5. The molecule has 2 aromatic rings. The fourth-order valence-corrected chi connectivity index (χ4v) is 1.68. The highest BCUT2D eigenvalue weighted by molar-refractivity contribution is 6.30. The van der Waals surface area contributed by atoms with Gasteiger partial charge in [0.1, 0.15) is 5.82 Å². The Bertz CT molecular complexity index is 516. The summed E-state index contributed by atoms with van der Waals surface area (Å²) in [6, 6.07) is 5.95. The lowest BCUT2D eigenvalue weighted by Crippen LogP contribution is -1.93. The van der Waals surface area contributed by atoms with Crippen LogP contribution in [0.15, 0.2) is 36.7 Å². The van der Waals surface area contributed by atoms with Gasteiger partial charge in [0.2, 0.25) is 0 Å². The van der Waals surface area contributed by atoms with Crippen LogP contribution in [0.2, 0.25) is 5.02 Å². The van der Waals surface area contributed by atoms with Crippen molar-refractivity contribution in [2.75, 3.05) is 0 Å². The molecular weight excluding hydrogens is 229 g/mol. The summed E-state index contributed by atoms with van der Waals surface area (Å²) in [5.41, 5.74) is 1.53. The second-order valence-corrected chi connectivity index (χ2v) is 3.75. The third-order valence-corrected chi connectivity index (χ3v) is 2.54. The third kappa shape index (κ3) is 2.05. The smallest absolute Gasteiger partial charge is 0.131 e. The predicted molar refractivity (Wildman–Crippen MR) is 60.6 cm³/mol. The van der Waals surface area contributed by atoms with Crippen LogP contribution >= 0.6 is 11.6 Å². The van der Waals surface area contributed by atoms with Crippen LogP contribution in [-0.2, 0) is 6.61 Å². The van der Waals surface area contributed by atoms with E-state index < -0.39 is 0 Å². The number of pyridine rings is 1. The second kappa shape index (κ2) is 4.60. The van der Waals surface area contributed by atoms with Crippen molar-refractivity contribution in [1.29, 1.82) is 0 Å². The average molecular weight is 238 g/mol. The standard InChI is InChI=1S/C12H9ClFNO/c13-9-1-2-12(14)10(5-9)11-6-15-4-3-8(11)7-16/h1-6,16H,7H2. The van der Waals surface area contributed by atoms with Gasteiger partial charge < -0.3 is 5.11 Å². The maximum absolute atomic E-state index is 13.6. The molecule has 0 unspecified atom stereocenters. The first kappa shape index (κ1) is 11.0. The molecule has 2 nitrogen and oxygen atoms in total. The number of benzene rings is 1. The molecule has 16 heavy (non-hydrogen) atoms. The Morgan fingerprint density at radius 2 is 2.06 bits per heavy atom.